The Kier molecular flexibility index (Phi) is 4.29. The average Bonchev–Trinajstić information content (AvgIpc) is 2.35. The van der Waals surface area contributed by atoms with Crippen molar-refractivity contribution in [2.75, 3.05) is 33.7 Å². The summed E-state index contributed by atoms with van der Waals surface area (Å²) in [6.07, 6.45) is 0. The number of hydrazine groups is 1. The summed E-state index contributed by atoms with van der Waals surface area (Å²) in [5, 5.41) is 0. The van der Waals surface area contributed by atoms with Crippen molar-refractivity contribution in [1.29, 1.82) is 0 Å². The lowest BCUT2D eigenvalue weighted by molar-refractivity contribution is 0.0876. The van der Waals surface area contributed by atoms with E-state index in [1.807, 2.05) is 6.07 Å². The minimum atomic E-state index is -0.223. The van der Waals surface area contributed by atoms with Crippen LogP contribution in [0, 0.1) is 5.82 Å². The fraction of sp³-hybridized carbons (Fsp3) is 0.538. The number of hydrogen-bond donors (Lipinski definition) is 2. The van der Waals surface area contributed by atoms with E-state index in [1.165, 1.54) is 6.07 Å². The van der Waals surface area contributed by atoms with Crippen molar-refractivity contribution >= 4 is 0 Å². The van der Waals surface area contributed by atoms with Crippen LogP contribution in [0.3, 0.4) is 0 Å². The van der Waals surface area contributed by atoms with E-state index in [-0.39, 0.29) is 17.9 Å². The Morgan fingerprint density at radius 3 is 2.83 bits per heavy atom. The highest BCUT2D eigenvalue weighted by Gasteiger charge is 2.30. The molecule has 2 atom stereocenters. The maximum absolute atomic E-state index is 13.3. The number of piperazine rings is 1. The summed E-state index contributed by atoms with van der Waals surface area (Å²) >= 11 is 0. The molecule has 3 N–H and O–H groups in total. The molecule has 1 aliphatic heterocycles. The number of nitrogens with one attached hydrogen (secondary N) is 1. The van der Waals surface area contributed by atoms with E-state index in [0.717, 1.165) is 25.2 Å². The summed E-state index contributed by atoms with van der Waals surface area (Å²) in [5.41, 5.74) is 3.72. The zero-order valence-corrected chi connectivity index (χ0v) is 10.9. The quantitative estimate of drug-likeness (QED) is 0.610. The van der Waals surface area contributed by atoms with Crippen LogP contribution >= 0.6 is 0 Å². The highest BCUT2D eigenvalue weighted by atomic mass is 19.1. The molecular formula is C13H21FN4. The van der Waals surface area contributed by atoms with Crippen molar-refractivity contribution in [3.05, 3.63) is 35.6 Å². The van der Waals surface area contributed by atoms with E-state index >= 15 is 0 Å². The molecule has 18 heavy (non-hydrogen) atoms. The van der Waals surface area contributed by atoms with E-state index in [4.69, 9.17) is 5.84 Å². The van der Waals surface area contributed by atoms with Crippen molar-refractivity contribution in [3.63, 3.8) is 0 Å². The Balaban J connectivity index is 2.21. The first-order chi connectivity index (χ1) is 8.61. The maximum atomic E-state index is 13.3. The van der Waals surface area contributed by atoms with Crippen molar-refractivity contribution < 1.29 is 4.39 Å². The Labute approximate surface area is 108 Å². The number of benzene rings is 1. The highest BCUT2D eigenvalue weighted by Crippen LogP contribution is 2.23. The smallest absolute Gasteiger partial charge is 0.123 e. The number of likely N-dealkylation sites (N-methyl/N-ethyl adjacent to an activating group) is 2. The molecule has 2 unspecified atom stereocenters. The van der Waals surface area contributed by atoms with Crippen LogP contribution in [0.4, 0.5) is 4.39 Å². The number of hydrogen-bond acceptors (Lipinski definition) is 4. The van der Waals surface area contributed by atoms with Gasteiger partial charge < -0.3 is 4.90 Å². The van der Waals surface area contributed by atoms with Crippen LogP contribution in [0.5, 0.6) is 0 Å². The van der Waals surface area contributed by atoms with E-state index in [0.29, 0.717) is 0 Å². The van der Waals surface area contributed by atoms with E-state index in [2.05, 4.69) is 29.3 Å². The predicted octanol–water partition coefficient (Wildman–Crippen LogP) is 0.576. The van der Waals surface area contributed by atoms with Crippen molar-refractivity contribution in [2.45, 2.75) is 12.1 Å². The van der Waals surface area contributed by atoms with Crippen LogP contribution in [0.2, 0.25) is 0 Å². The molecule has 2 rings (SSSR count). The first-order valence-electron chi connectivity index (χ1n) is 6.22. The average molecular weight is 252 g/mol. The van der Waals surface area contributed by atoms with Crippen LogP contribution in [0.1, 0.15) is 11.6 Å². The highest BCUT2D eigenvalue weighted by molar-refractivity contribution is 5.22. The minimum Gasteiger partial charge on any atom is -0.303 e. The zero-order valence-electron chi connectivity index (χ0n) is 10.9. The number of nitrogens with zero attached hydrogens (tertiary/aromatic N) is 2. The fourth-order valence-electron chi connectivity index (χ4n) is 2.53. The van der Waals surface area contributed by atoms with Gasteiger partial charge in [-0.3, -0.25) is 16.2 Å². The van der Waals surface area contributed by atoms with Gasteiger partial charge in [0.05, 0.1) is 6.04 Å². The SMILES string of the molecule is CN1CCN(C)C(C(NN)c2cccc(F)c2)C1. The molecule has 0 aliphatic carbocycles. The topological polar surface area (TPSA) is 44.5 Å². The largest absolute Gasteiger partial charge is 0.303 e. The van der Waals surface area contributed by atoms with Gasteiger partial charge in [-0.2, -0.15) is 0 Å². The number of rotatable bonds is 3. The molecule has 1 fully saturated rings. The van der Waals surface area contributed by atoms with Crippen LogP contribution in [0.15, 0.2) is 24.3 Å². The summed E-state index contributed by atoms with van der Waals surface area (Å²) in [5.74, 6) is 5.45. The first-order valence-corrected chi connectivity index (χ1v) is 6.22. The van der Waals surface area contributed by atoms with Gasteiger partial charge in [0.2, 0.25) is 0 Å². The van der Waals surface area contributed by atoms with Crippen molar-refractivity contribution in [1.82, 2.24) is 15.2 Å². The molecule has 1 aromatic carbocycles. The Morgan fingerprint density at radius 1 is 1.39 bits per heavy atom. The second-order valence-corrected chi connectivity index (χ2v) is 5.01. The molecule has 100 valence electrons. The Bertz CT molecular complexity index is 398. The van der Waals surface area contributed by atoms with Crippen molar-refractivity contribution in [3.8, 4) is 0 Å². The van der Waals surface area contributed by atoms with Crippen molar-refractivity contribution in [2.24, 2.45) is 5.84 Å². The second kappa shape index (κ2) is 5.75. The van der Waals surface area contributed by atoms with Crippen LogP contribution in [-0.4, -0.2) is 49.6 Å². The van der Waals surface area contributed by atoms with Gasteiger partial charge in [0.15, 0.2) is 0 Å². The third kappa shape index (κ3) is 2.87. The summed E-state index contributed by atoms with van der Waals surface area (Å²) in [7, 11) is 4.18. The molecule has 5 heteroatoms. The lowest BCUT2D eigenvalue weighted by Crippen LogP contribution is -2.56. The number of halogens is 1. The van der Waals surface area contributed by atoms with E-state index in [1.54, 1.807) is 12.1 Å². The predicted molar refractivity (Wildman–Crippen MR) is 70.4 cm³/mol. The zero-order chi connectivity index (χ0) is 13.1. The van der Waals surface area contributed by atoms with Crippen LogP contribution in [0.25, 0.3) is 0 Å². The Morgan fingerprint density at radius 2 is 2.17 bits per heavy atom. The molecular weight excluding hydrogens is 231 g/mol. The molecule has 0 saturated carbocycles. The first kappa shape index (κ1) is 13.4. The molecule has 0 aromatic heterocycles. The standard InChI is InChI=1S/C13H21FN4/c1-17-6-7-18(2)12(9-17)13(16-15)10-4-3-5-11(14)8-10/h3-5,8,12-13,16H,6-7,9,15H2,1-2H3. The lowest BCUT2D eigenvalue weighted by atomic mass is 9.97. The Hall–Kier alpha value is -1.01. The van der Waals surface area contributed by atoms with Gasteiger partial charge in [0.25, 0.3) is 0 Å². The molecule has 1 aliphatic rings. The number of nitrogens with two attached hydrogens (primary N) is 1. The van der Waals surface area contributed by atoms with Gasteiger partial charge >= 0.3 is 0 Å². The summed E-state index contributed by atoms with van der Waals surface area (Å²) < 4.78 is 13.3. The third-order valence-electron chi connectivity index (χ3n) is 3.67. The monoisotopic (exact) mass is 252 g/mol. The summed E-state index contributed by atoms with van der Waals surface area (Å²) in [6, 6.07) is 6.82. The molecule has 4 nitrogen and oxygen atoms in total. The van der Waals surface area contributed by atoms with Gasteiger partial charge in [-0.05, 0) is 31.8 Å². The van der Waals surface area contributed by atoms with Crippen LogP contribution in [-0.2, 0) is 0 Å². The van der Waals surface area contributed by atoms with Crippen LogP contribution < -0.4 is 11.3 Å². The van der Waals surface area contributed by atoms with E-state index in [9.17, 15) is 4.39 Å². The third-order valence-corrected chi connectivity index (χ3v) is 3.67. The lowest BCUT2D eigenvalue weighted by Gasteiger charge is -2.41. The molecule has 0 radical (unpaired) electrons. The molecule has 1 heterocycles. The molecule has 0 spiro atoms. The molecule has 0 bridgehead atoms. The minimum absolute atomic E-state index is 0.0616. The molecule has 1 saturated heterocycles. The summed E-state index contributed by atoms with van der Waals surface area (Å²) in [4.78, 5) is 4.55. The normalized spacial score (nSPS) is 24.1. The van der Waals surface area contributed by atoms with Gasteiger partial charge in [-0.1, -0.05) is 12.1 Å². The second-order valence-electron chi connectivity index (χ2n) is 5.01. The van der Waals surface area contributed by atoms with E-state index < -0.39 is 0 Å². The molecule has 0 amide bonds. The van der Waals surface area contributed by atoms with Gasteiger partial charge in [0.1, 0.15) is 5.82 Å². The summed E-state index contributed by atoms with van der Waals surface area (Å²) in [6.45, 7) is 2.96. The van der Waals surface area contributed by atoms with Gasteiger partial charge in [0, 0.05) is 25.7 Å². The maximum Gasteiger partial charge on any atom is 0.123 e. The van der Waals surface area contributed by atoms with Gasteiger partial charge in [-0.25, -0.2) is 4.39 Å². The van der Waals surface area contributed by atoms with Gasteiger partial charge in [-0.15, -0.1) is 0 Å². The fourth-order valence-corrected chi connectivity index (χ4v) is 2.53. The molecule has 1 aromatic rings.